The molecule has 0 spiro atoms. The number of hydrogen-bond donors (Lipinski definition) is 2. The number of para-hydroxylation sites is 1. The molecule has 3 rings (SSSR count). The van der Waals surface area contributed by atoms with Crippen LogP contribution in [0.25, 0.3) is 17.3 Å². The number of amides is 1. The number of rotatable bonds is 12. The number of methoxy groups -OCH3 is 1. The monoisotopic (exact) mass is 576 g/mol. The minimum atomic E-state index is -1.09. The number of ether oxygens (including phenoxy) is 2. The first-order chi connectivity index (χ1) is 18.2. The number of halogens is 2. The van der Waals surface area contributed by atoms with E-state index in [0.717, 1.165) is 30.4 Å². The number of aliphatic carboxylic acids is 1. The van der Waals surface area contributed by atoms with Crippen molar-refractivity contribution < 1.29 is 24.2 Å². The van der Waals surface area contributed by atoms with Crippen LogP contribution >= 0.6 is 34.5 Å². The van der Waals surface area contributed by atoms with Crippen LogP contribution in [0.4, 0.5) is 5.13 Å². The smallest absolute Gasteiger partial charge is 0.331 e. The second-order valence-corrected chi connectivity index (χ2v) is 10.2. The number of aromatic nitrogens is 1. The maximum absolute atomic E-state index is 12.9. The van der Waals surface area contributed by atoms with E-state index in [1.807, 2.05) is 23.6 Å². The summed E-state index contributed by atoms with van der Waals surface area (Å²) in [5.74, 6) is -0.843. The number of hydrogen-bond acceptors (Lipinski definition) is 6. The van der Waals surface area contributed by atoms with Crippen molar-refractivity contribution in [3.63, 3.8) is 0 Å². The number of carbonyl (C=O) groups is 2. The Bertz CT molecular complexity index is 1320. The van der Waals surface area contributed by atoms with Gasteiger partial charge in [0.15, 0.2) is 5.13 Å². The first kappa shape index (κ1) is 29.6. The largest absolute Gasteiger partial charge is 0.496 e. The fourth-order valence-corrected chi connectivity index (χ4v) is 5.09. The van der Waals surface area contributed by atoms with Crippen molar-refractivity contribution in [2.24, 2.45) is 0 Å². The van der Waals surface area contributed by atoms with E-state index < -0.39 is 11.9 Å². The van der Waals surface area contributed by atoms with Crippen LogP contribution in [0.15, 0.2) is 41.3 Å². The van der Waals surface area contributed by atoms with Crippen LogP contribution in [0.3, 0.4) is 0 Å². The van der Waals surface area contributed by atoms with Crippen LogP contribution in [0.5, 0.6) is 5.75 Å². The second kappa shape index (κ2) is 13.8. The number of carboxylic acid groups (broad SMARTS) is 1. The molecule has 38 heavy (non-hydrogen) atoms. The lowest BCUT2D eigenvalue weighted by Crippen LogP contribution is -2.12. The summed E-state index contributed by atoms with van der Waals surface area (Å²) in [6.07, 6.45) is 4.12. The van der Waals surface area contributed by atoms with Gasteiger partial charge in [-0.05, 0) is 44.0 Å². The topological polar surface area (TPSA) is 97.8 Å². The maximum atomic E-state index is 12.9. The van der Waals surface area contributed by atoms with E-state index in [9.17, 15) is 9.59 Å². The number of benzene rings is 2. The summed E-state index contributed by atoms with van der Waals surface area (Å²) in [4.78, 5) is 28.7. The summed E-state index contributed by atoms with van der Waals surface area (Å²) in [5, 5.41) is 14.4. The molecule has 1 unspecified atom stereocenters. The summed E-state index contributed by atoms with van der Waals surface area (Å²) < 4.78 is 11.9. The number of nitrogens with one attached hydrogen (secondary N) is 1. The minimum Gasteiger partial charge on any atom is -0.496 e. The summed E-state index contributed by atoms with van der Waals surface area (Å²) >= 11 is 13.9. The van der Waals surface area contributed by atoms with E-state index in [-0.39, 0.29) is 27.3 Å². The molecule has 0 saturated heterocycles. The van der Waals surface area contributed by atoms with Crippen molar-refractivity contribution in [3.8, 4) is 17.0 Å². The minimum absolute atomic E-state index is 0.0681. The Hall–Kier alpha value is -2.91. The Morgan fingerprint density at radius 3 is 2.53 bits per heavy atom. The highest BCUT2D eigenvalue weighted by Gasteiger charge is 2.21. The van der Waals surface area contributed by atoms with Crippen LogP contribution < -0.4 is 10.1 Å². The molecule has 0 aliphatic heterocycles. The molecule has 0 bridgehead atoms. The molecule has 0 aliphatic carbocycles. The van der Waals surface area contributed by atoms with Gasteiger partial charge in [-0.2, -0.15) is 0 Å². The number of carboxylic acids is 1. The van der Waals surface area contributed by atoms with Crippen molar-refractivity contribution in [1.29, 1.82) is 0 Å². The molecule has 1 amide bonds. The average Bonchev–Trinajstić information content (AvgIpc) is 3.36. The Kier molecular flexibility index (Phi) is 10.7. The molecule has 2 N–H and O–H groups in total. The molecule has 7 nitrogen and oxygen atoms in total. The van der Waals surface area contributed by atoms with E-state index in [4.69, 9.17) is 37.8 Å². The highest BCUT2D eigenvalue weighted by molar-refractivity contribution is 7.14. The fraction of sp³-hybridized carbons (Fsp3) is 0.321. The third-order valence-corrected chi connectivity index (χ3v) is 7.21. The molecule has 0 radical (unpaired) electrons. The number of carbonyl (C=O) groups excluding carboxylic acids is 1. The lowest BCUT2D eigenvalue weighted by atomic mass is 10.0. The van der Waals surface area contributed by atoms with Gasteiger partial charge in [-0.3, -0.25) is 10.1 Å². The van der Waals surface area contributed by atoms with Gasteiger partial charge in [0.2, 0.25) is 0 Å². The summed E-state index contributed by atoms with van der Waals surface area (Å²) in [6, 6.07) is 8.75. The Balaban J connectivity index is 1.84. The maximum Gasteiger partial charge on any atom is 0.331 e. The van der Waals surface area contributed by atoms with Crippen molar-refractivity contribution in [2.45, 2.75) is 46.1 Å². The molecule has 0 aliphatic rings. The molecular formula is C28H30Cl2N2O5S. The average molecular weight is 578 g/mol. The molecule has 2 aromatic carbocycles. The summed E-state index contributed by atoms with van der Waals surface area (Å²) in [5.41, 5.74) is 3.04. The van der Waals surface area contributed by atoms with Gasteiger partial charge in [0.25, 0.3) is 5.91 Å². The Morgan fingerprint density at radius 2 is 1.92 bits per heavy atom. The van der Waals surface area contributed by atoms with Crippen LogP contribution in [0.2, 0.25) is 10.0 Å². The van der Waals surface area contributed by atoms with Crippen molar-refractivity contribution in [2.75, 3.05) is 19.0 Å². The first-order valence-electron chi connectivity index (χ1n) is 12.2. The van der Waals surface area contributed by atoms with Crippen molar-refractivity contribution >= 4 is 57.6 Å². The quantitative estimate of drug-likeness (QED) is 0.167. The molecule has 1 heterocycles. The third-order valence-electron chi connectivity index (χ3n) is 5.82. The predicted octanol–water partition coefficient (Wildman–Crippen LogP) is 8.13. The van der Waals surface area contributed by atoms with Crippen LogP contribution in [-0.2, 0) is 9.53 Å². The standard InChI is InChI=1S/C28H30Cl2N2O5S/c1-5-7-11-37-24(6-2)19-10-8-9-18(25(19)36-4)23-15-38-28(31-23)32-26(33)17-13-21(29)20(22(30)14-17)12-16(3)27(34)35/h8-10,12-15,24H,5-7,11H2,1-4H3,(H,34,35)(H,31,32,33)/b16-12+. The van der Waals surface area contributed by atoms with Gasteiger partial charge in [-0.1, -0.05) is 55.6 Å². The van der Waals surface area contributed by atoms with Crippen LogP contribution in [-0.4, -0.2) is 35.7 Å². The summed E-state index contributed by atoms with van der Waals surface area (Å²) in [6.45, 7) is 6.32. The summed E-state index contributed by atoms with van der Waals surface area (Å²) in [7, 11) is 1.63. The molecule has 1 atom stereocenters. The van der Waals surface area contributed by atoms with E-state index in [1.165, 1.54) is 36.5 Å². The van der Waals surface area contributed by atoms with Gasteiger partial charge in [0.1, 0.15) is 5.75 Å². The van der Waals surface area contributed by atoms with Gasteiger partial charge < -0.3 is 14.6 Å². The van der Waals surface area contributed by atoms with Crippen LogP contribution in [0.1, 0.15) is 67.6 Å². The lowest BCUT2D eigenvalue weighted by molar-refractivity contribution is -0.132. The number of nitrogens with zero attached hydrogens (tertiary/aromatic N) is 1. The SMILES string of the molecule is CCCCOC(CC)c1cccc(-c2csc(NC(=O)c3cc(Cl)c(/C=C(\C)C(=O)O)c(Cl)c3)n2)c1OC. The molecule has 10 heteroatoms. The third kappa shape index (κ3) is 7.14. The predicted molar refractivity (Wildman–Crippen MR) is 154 cm³/mol. The van der Waals surface area contributed by atoms with Gasteiger partial charge in [0, 0.05) is 39.8 Å². The van der Waals surface area contributed by atoms with Gasteiger partial charge >= 0.3 is 5.97 Å². The molecule has 0 saturated carbocycles. The van der Waals surface area contributed by atoms with Gasteiger partial charge in [0.05, 0.1) is 29.0 Å². The van der Waals surface area contributed by atoms with Crippen molar-refractivity contribution in [3.05, 3.63) is 68.0 Å². The number of thiazole rings is 1. The first-order valence-corrected chi connectivity index (χ1v) is 13.8. The molecule has 3 aromatic rings. The van der Waals surface area contributed by atoms with Crippen molar-refractivity contribution in [1.82, 2.24) is 4.98 Å². The van der Waals surface area contributed by atoms with E-state index in [0.29, 0.717) is 28.7 Å². The van der Waals surface area contributed by atoms with E-state index in [2.05, 4.69) is 24.1 Å². The van der Waals surface area contributed by atoms with Gasteiger partial charge in [-0.15, -0.1) is 11.3 Å². The fourth-order valence-electron chi connectivity index (χ4n) is 3.79. The lowest BCUT2D eigenvalue weighted by Gasteiger charge is -2.20. The van der Waals surface area contributed by atoms with Gasteiger partial charge in [-0.25, -0.2) is 9.78 Å². The zero-order valence-electron chi connectivity index (χ0n) is 21.6. The zero-order chi connectivity index (χ0) is 27.8. The highest BCUT2D eigenvalue weighted by atomic mass is 35.5. The molecule has 0 fully saturated rings. The normalized spacial score (nSPS) is 12.3. The number of anilines is 1. The Labute approximate surface area is 236 Å². The molecule has 202 valence electrons. The van der Waals surface area contributed by atoms with E-state index in [1.54, 1.807) is 7.11 Å². The Morgan fingerprint density at radius 1 is 1.21 bits per heavy atom. The molecular weight excluding hydrogens is 547 g/mol. The van der Waals surface area contributed by atoms with E-state index >= 15 is 0 Å². The zero-order valence-corrected chi connectivity index (χ0v) is 24.0. The highest BCUT2D eigenvalue weighted by Crippen LogP contribution is 2.39. The number of unbranched alkanes of at least 4 members (excludes halogenated alkanes) is 1. The van der Waals surface area contributed by atoms with Crippen LogP contribution in [0, 0.1) is 0 Å². The second-order valence-electron chi connectivity index (χ2n) is 8.53. The molecule has 1 aromatic heterocycles.